The number of ether oxygens (including phenoxy) is 4. The fourth-order valence-electron chi connectivity index (χ4n) is 3.84. The Hall–Kier alpha value is -2.45. The zero-order chi connectivity index (χ0) is 20.6. The summed E-state index contributed by atoms with van der Waals surface area (Å²) in [6, 6.07) is 0. The minimum absolute atomic E-state index is 0.0232. The van der Waals surface area contributed by atoms with Crippen molar-refractivity contribution in [3.05, 3.63) is 35.6 Å². The molecule has 2 bridgehead atoms. The molecule has 0 radical (unpaired) electrons. The van der Waals surface area contributed by atoms with E-state index in [4.69, 9.17) is 18.9 Å². The highest BCUT2D eigenvalue weighted by atomic mass is 16.6. The van der Waals surface area contributed by atoms with Crippen LogP contribution in [0.3, 0.4) is 0 Å². The standard InChI is InChI=1S/C20H24O8/c1-10(2)18(23)27-15-7-20(3)16(22)6-13(28-20)11(8-21)5-14-17(15)12(9-25-4)19(24)26-14/h5-6,12,14-15,17,21H,1,7-9H2,2-4H3. The Kier molecular flexibility index (Phi) is 5.45. The maximum Gasteiger partial charge on any atom is 0.333 e. The molecule has 5 unspecified atom stereocenters. The van der Waals surface area contributed by atoms with Crippen molar-refractivity contribution in [1.29, 1.82) is 0 Å². The molecule has 8 heteroatoms. The molecule has 152 valence electrons. The lowest BCUT2D eigenvalue weighted by molar-refractivity contribution is -0.155. The molecular formula is C20H24O8. The molecule has 0 amide bonds. The van der Waals surface area contributed by atoms with Gasteiger partial charge in [0.1, 0.15) is 18.0 Å². The Balaban J connectivity index is 2.09. The Labute approximate surface area is 162 Å². The fraction of sp³-hybridized carbons (Fsp3) is 0.550. The molecule has 28 heavy (non-hydrogen) atoms. The SMILES string of the molecule is C=C(C)C(=O)OC1CC2(C)OC(=CC2=O)C(CO)=CC2OC(=O)C(COC)C21. The first-order chi connectivity index (χ1) is 13.2. The van der Waals surface area contributed by atoms with Crippen molar-refractivity contribution < 1.29 is 38.4 Å². The van der Waals surface area contributed by atoms with Gasteiger partial charge in [0.05, 0.1) is 25.0 Å². The van der Waals surface area contributed by atoms with Crippen LogP contribution in [0.5, 0.6) is 0 Å². The van der Waals surface area contributed by atoms with Crippen molar-refractivity contribution in [2.24, 2.45) is 11.8 Å². The van der Waals surface area contributed by atoms with Gasteiger partial charge in [0.15, 0.2) is 5.60 Å². The van der Waals surface area contributed by atoms with Crippen LogP contribution in [-0.4, -0.2) is 61.0 Å². The molecule has 3 heterocycles. The summed E-state index contributed by atoms with van der Waals surface area (Å²) >= 11 is 0. The first kappa shape index (κ1) is 20.3. The lowest BCUT2D eigenvalue weighted by Gasteiger charge is -2.33. The van der Waals surface area contributed by atoms with Gasteiger partial charge in [-0.2, -0.15) is 0 Å². The van der Waals surface area contributed by atoms with Gasteiger partial charge in [0.2, 0.25) is 5.78 Å². The van der Waals surface area contributed by atoms with E-state index in [1.807, 2.05) is 0 Å². The summed E-state index contributed by atoms with van der Waals surface area (Å²) in [4.78, 5) is 37.3. The summed E-state index contributed by atoms with van der Waals surface area (Å²) in [6.07, 6.45) is 1.26. The molecule has 1 saturated heterocycles. The van der Waals surface area contributed by atoms with E-state index in [0.29, 0.717) is 5.57 Å². The van der Waals surface area contributed by atoms with Gasteiger partial charge in [-0.05, 0) is 19.9 Å². The number of carbonyl (C=O) groups excluding carboxylic acids is 3. The predicted molar refractivity (Wildman–Crippen MR) is 95.8 cm³/mol. The molecular weight excluding hydrogens is 368 g/mol. The summed E-state index contributed by atoms with van der Waals surface area (Å²) in [6.45, 7) is 6.37. The van der Waals surface area contributed by atoms with E-state index in [1.54, 1.807) is 13.0 Å². The number of fused-ring (bicyclic) bond motifs is 3. The van der Waals surface area contributed by atoms with Crippen molar-refractivity contribution in [2.75, 3.05) is 20.3 Å². The molecule has 3 aliphatic rings. The number of carbonyl (C=O) groups is 3. The van der Waals surface area contributed by atoms with Crippen LogP contribution in [0.15, 0.2) is 35.6 Å². The van der Waals surface area contributed by atoms with Crippen LogP contribution in [0.4, 0.5) is 0 Å². The number of hydrogen-bond acceptors (Lipinski definition) is 8. The van der Waals surface area contributed by atoms with Crippen LogP contribution in [-0.2, 0) is 33.3 Å². The zero-order valence-electron chi connectivity index (χ0n) is 16.1. The van der Waals surface area contributed by atoms with E-state index in [-0.39, 0.29) is 30.1 Å². The second-order valence-electron chi connectivity index (χ2n) is 7.52. The van der Waals surface area contributed by atoms with E-state index in [2.05, 4.69) is 6.58 Å². The van der Waals surface area contributed by atoms with Crippen LogP contribution in [0.25, 0.3) is 0 Å². The van der Waals surface area contributed by atoms with Crippen LogP contribution in [0.2, 0.25) is 0 Å². The van der Waals surface area contributed by atoms with Crippen LogP contribution >= 0.6 is 0 Å². The molecule has 0 saturated carbocycles. The Bertz CT molecular complexity index is 779. The molecule has 8 nitrogen and oxygen atoms in total. The van der Waals surface area contributed by atoms with Gasteiger partial charge in [0, 0.05) is 30.8 Å². The third-order valence-corrected chi connectivity index (χ3v) is 5.34. The Morgan fingerprint density at radius 3 is 2.75 bits per heavy atom. The molecule has 1 fully saturated rings. The summed E-state index contributed by atoms with van der Waals surface area (Å²) < 4.78 is 22.2. The Morgan fingerprint density at radius 2 is 2.14 bits per heavy atom. The minimum atomic E-state index is -1.29. The van der Waals surface area contributed by atoms with Gasteiger partial charge in [-0.1, -0.05) is 6.58 Å². The fourth-order valence-corrected chi connectivity index (χ4v) is 3.84. The summed E-state index contributed by atoms with van der Waals surface area (Å²) in [5, 5.41) is 9.77. The average molecular weight is 392 g/mol. The molecule has 3 aliphatic heterocycles. The van der Waals surface area contributed by atoms with Gasteiger partial charge in [-0.3, -0.25) is 9.59 Å². The van der Waals surface area contributed by atoms with Gasteiger partial charge < -0.3 is 24.1 Å². The normalized spacial score (nSPS) is 34.1. The molecule has 0 aromatic heterocycles. The minimum Gasteiger partial charge on any atom is -0.479 e. The number of aliphatic hydroxyl groups is 1. The number of aliphatic hydroxyl groups excluding tert-OH is 1. The van der Waals surface area contributed by atoms with E-state index < -0.39 is 48.2 Å². The maximum atomic E-state index is 12.6. The topological polar surface area (TPSA) is 108 Å². The maximum absolute atomic E-state index is 12.6. The smallest absolute Gasteiger partial charge is 0.333 e. The lowest BCUT2D eigenvalue weighted by atomic mass is 9.79. The summed E-state index contributed by atoms with van der Waals surface area (Å²) in [7, 11) is 1.46. The van der Waals surface area contributed by atoms with Gasteiger partial charge >= 0.3 is 11.9 Å². The highest BCUT2D eigenvalue weighted by molar-refractivity contribution is 6.00. The van der Waals surface area contributed by atoms with E-state index >= 15 is 0 Å². The zero-order valence-corrected chi connectivity index (χ0v) is 16.1. The number of methoxy groups -OCH3 is 1. The van der Waals surface area contributed by atoms with E-state index in [0.717, 1.165) is 0 Å². The lowest BCUT2D eigenvalue weighted by Crippen LogP contribution is -2.45. The number of ketones is 1. The van der Waals surface area contributed by atoms with Crippen LogP contribution in [0.1, 0.15) is 20.3 Å². The number of hydrogen-bond donors (Lipinski definition) is 1. The largest absolute Gasteiger partial charge is 0.479 e. The first-order valence-corrected chi connectivity index (χ1v) is 9.03. The third-order valence-electron chi connectivity index (χ3n) is 5.34. The van der Waals surface area contributed by atoms with Crippen LogP contribution in [0, 0.1) is 11.8 Å². The Morgan fingerprint density at radius 1 is 1.43 bits per heavy atom. The summed E-state index contributed by atoms with van der Waals surface area (Å²) in [5.74, 6) is -2.49. The number of esters is 2. The second kappa shape index (κ2) is 7.52. The van der Waals surface area contributed by atoms with Gasteiger partial charge in [0.25, 0.3) is 0 Å². The highest BCUT2D eigenvalue weighted by Gasteiger charge is 2.54. The van der Waals surface area contributed by atoms with Crippen molar-refractivity contribution in [1.82, 2.24) is 0 Å². The summed E-state index contributed by atoms with van der Waals surface area (Å²) in [5.41, 5.74) is -0.758. The number of rotatable bonds is 5. The van der Waals surface area contributed by atoms with E-state index in [1.165, 1.54) is 20.1 Å². The van der Waals surface area contributed by atoms with Crippen molar-refractivity contribution in [2.45, 2.75) is 38.1 Å². The molecule has 1 N–H and O–H groups in total. The van der Waals surface area contributed by atoms with Crippen molar-refractivity contribution in [3.8, 4) is 0 Å². The third kappa shape index (κ3) is 3.49. The molecule has 0 aromatic carbocycles. The first-order valence-electron chi connectivity index (χ1n) is 9.03. The molecule has 0 aliphatic carbocycles. The average Bonchev–Trinajstić information content (AvgIpc) is 3.09. The van der Waals surface area contributed by atoms with Gasteiger partial charge in [-0.25, -0.2) is 4.79 Å². The van der Waals surface area contributed by atoms with E-state index in [9.17, 15) is 19.5 Å². The predicted octanol–water partition coefficient (Wildman–Crippen LogP) is 0.843. The van der Waals surface area contributed by atoms with Crippen molar-refractivity contribution >= 4 is 17.7 Å². The van der Waals surface area contributed by atoms with Crippen molar-refractivity contribution in [3.63, 3.8) is 0 Å². The highest BCUT2D eigenvalue weighted by Crippen LogP contribution is 2.43. The molecule has 0 spiro atoms. The molecule has 0 aromatic rings. The molecule has 3 rings (SSSR count). The monoisotopic (exact) mass is 392 g/mol. The van der Waals surface area contributed by atoms with Crippen LogP contribution < -0.4 is 0 Å². The van der Waals surface area contributed by atoms with Gasteiger partial charge in [-0.15, -0.1) is 0 Å². The molecule has 5 atom stereocenters. The quantitative estimate of drug-likeness (QED) is 0.542. The second-order valence-corrected chi connectivity index (χ2v) is 7.52.